The number of likely N-dealkylation sites (tertiary alicyclic amines) is 2. The molecule has 0 saturated carbocycles. The highest BCUT2D eigenvalue weighted by Gasteiger charge is 2.24. The van der Waals surface area contributed by atoms with Crippen molar-refractivity contribution in [3.05, 3.63) is 53.2 Å². The number of anilines is 1. The molecule has 1 N–H and O–H groups in total. The monoisotopic (exact) mass is 411 g/mol. The summed E-state index contributed by atoms with van der Waals surface area (Å²) in [6.45, 7) is 7.61. The number of aromatic nitrogens is 2. The molecule has 0 bridgehead atoms. The number of amides is 1. The van der Waals surface area contributed by atoms with Gasteiger partial charge in [-0.15, -0.1) is 0 Å². The van der Waals surface area contributed by atoms with Gasteiger partial charge < -0.3 is 15.1 Å². The van der Waals surface area contributed by atoms with E-state index in [1.54, 1.807) is 18.3 Å². The van der Waals surface area contributed by atoms with Crippen molar-refractivity contribution >= 4 is 11.7 Å². The Morgan fingerprint density at radius 1 is 1.10 bits per heavy atom. The topological polar surface area (TPSA) is 61.4 Å². The van der Waals surface area contributed by atoms with Crippen molar-refractivity contribution in [1.82, 2.24) is 19.8 Å². The molecule has 6 nitrogen and oxygen atoms in total. The van der Waals surface area contributed by atoms with Crippen LogP contribution in [0.15, 0.2) is 30.5 Å². The lowest BCUT2D eigenvalue weighted by Gasteiger charge is -2.20. The summed E-state index contributed by atoms with van der Waals surface area (Å²) in [4.78, 5) is 26.5. The van der Waals surface area contributed by atoms with E-state index in [9.17, 15) is 9.18 Å². The van der Waals surface area contributed by atoms with Gasteiger partial charge in [-0.2, -0.15) is 0 Å². The van der Waals surface area contributed by atoms with E-state index in [0.717, 1.165) is 63.4 Å². The maximum atomic E-state index is 13.4. The number of rotatable bonds is 7. The fraction of sp³-hybridized carbons (Fsp3) is 0.522. The molecular formula is C23H30FN5O. The van der Waals surface area contributed by atoms with Crippen LogP contribution in [0.2, 0.25) is 0 Å². The van der Waals surface area contributed by atoms with E-state index in [4.69, 9.17) is 4.98 Å². The van der Waals surface area contributed by atoms with E-state index in [1.165, 1.54) is 25.0 Å². The van der Waals surface area contributed by atoms with Crippen LogP contribution in [0.3, 0.4) is 0 Å². The first-order chi connectivity index (χ1) is 14.6. The van der Waals surface area contributed by atoms with Gasteiger partial charge in [-0.3, -0.25) is 4.79 Å². The summed E-state index contributed by atoms with van der Waals surface area (Å²) >= 11 is 0. The molecule has 1 aromatic heterocycles. The van der Waals surface area contributed by atoms with E-state index < -0.39 is 0 Å². The largest absolute Gasteiger partial charge is 0.367 e. The van der Waals surface area contributed by atoms with Gasteiger partial charge in [0.1, 0.15) is 17.3 Å². The Labute approximate surface area is 177 Å². The lowest BCUT2D eigenvalue weighted by atomic mass is 9.97. The van der Waals surface area contributed by atoms with Crippen LogP contribution in [0, 0.1) is 5.82 Å². The summed E-state index contributed by atoms with van der Waals surface area (Å²) in [5, 5.41) is 3.42. The molecule has 1 atom stereocenters. The van der Waals surface area contributed by atoms with Crippen molar-refractivity contribution in [3.8, 4) is 0 Å². The molecule has 4 rings (SSSR count). The van der Waals surface area contributed by atoms with Crippen molar-refractivity contribution in [2.75, 3.05) is 44.6 Å². The normalized spacial score (nSPS) is 18.0. The molecule has 0 aliphatic carbocycles. The lowest BCUT2D eigenvalue weighted by Crippen LogP contribution is -2.29. The predicted octanol–water partition coefficient (Wildman–Crippen LogP) is 3.51. The molecule has 3 heterocycles. The summed E-state index contributed by atoms with van der Waals surface area (Å²) in [7, 11) is 0. The summed E-state index contributed by atoms with van der Waals surface area (Å²) in [5.41, 5.74) is 2.05. The van der Waals surface area contributed by atoms with Crippen molar-refractivity contribution < 1.29 is 9.18 Å². The Morgan fingerprint density at radius 3 is 2.47 bits per heavy atom. The number of nitrogens with one attached hydrogen (secondary N) is 1. The molecule has 1 amide bonds. The fourth-order valence-corrected chi connectivity index (χ4v) is 4.27. The minimum atomic E-state index is -0.265. The second-order valence-corrected chi connectivity index (χ2v) is 8.24. The van der Waals surface area contributed by atoms with E-state index in [1.807, 2.05) is 11.8 Å². The van der Waals surface area contributed by atoms with Crippen molar-refractivity contribution in [2.24, 2.45) is 0 Å². The molecule has 2 aliphatic rings. The average molecular weight is 412 g/mol. The minimum Gasteiger partial charge on any atom is -0.367 e. The van der Waals surface area contributed by atoms with E-state index >= 15 is 0 Å². The molecule has 2 fully saturated rings. The molecule has 30 heavy (non-hydrogen) atoms. The second-order valence-electron chi connectivity index (χ2n) is 8.24. The third kappa shape index (κ3) is 4.78. The highest BCUT2D eigenvalue weighted by Crippen LogP contribution is 2.28. The molecule has 2 aromatic rings. The molecule has 2 aliphatic heterocycles. The maximum absolute atomic E-state index is 13.4. The zero-order valence-electron chi connectivity index (χ0n) is 17.6. The fourth-order valence-electron chi connectivity index (χ4n) is 4.27. The van der Waals surface area contributed by atoms with Gasteiger partial charge in [-0.1, -0.05) is 19.1 Å². The number of hydrogen-bond donors (Lipinski definition) is 1. The van der Waals surface area contributed by atoms with Crippen molar-refractivity contribution in [1.29, 1.82) is 0 Å². The van der Waals surface area contributed by atoms with Gasteiger partial charge in [0.2, 0.25) is 0 Å². The third-order valence-electron chi connectivity index (χ3n) is 6.11. The molecule has 0 spiro atoms. The first-order valence-corrected chi connectivity index (χ1v) is 11.0. The highest BCUT2D eigenvalue weighted by molar-refractivity contribution is 5.92. The van der Waals surface area contributed by atoms with Gasteiger partial charge >= 0.3 is 0 Å². The Hall–Kier alpha value is -2.54. The standard InChI is InChI=1S/C23H30FN5O/c1-17(18-6-8-19(24)9-7-18)21-22(25-10-15-28-11-2-3-12-28)26-16-20(27-21)23(30)29-13-4-5-14-29/h6-9,16-17H,2-5,10-15H2,1H3,(H,25,26)/t17-/m1/s1. The third-order valence-corrected chi connectivity index (χ3v) is 6.11. The molecule has 160 valence electrons. The SMILES string of the molecule is C[C@H](c1ccc(F)cc1)c1nc(C(=O)N2CCCC2)cnc1NCCN1CCCC1. The highest BCUT2D eigenvalue weighted by atomic mass is 19.1. The van der Waals surface area contributed by atoms with Crippen LogP contribution in [-0.2, 0) is 0 Å². The number of hydrogen-bond acceptors (Lipinski definition) is 5. The number of carbonyl (C=O) groups excluding carboxylic acids is 1. The number of benzene rings is 1. The second kappa shape index (κ2) is 9.51. The Morgan fingerprint density at radius 2 is 1.77 bits per heavy atom. The van der Waals surface area contributed by atoms with Gasteiger partial charge in [0.15, 0.2) is 0 Å². The predicted molar refractivity (Wildman–Crippen MR) is 115 cm³/mol. The molecule has 0 radical (unpaired) electrons. The van der Waals surface area contributed by atoms with Gasteiger partial charge in [0, 0.05) is 32.1 Å². The van der Waals surface area contributed by atoms with Gasteiger partial charge in [0.25, 0.3) is 5.91 Å². The zero-order valence-corrected chi connectivity index (χ0v) is 17.6. The lowest BCUT2D eigenvalue weighted by molar-refractivity contribution is 0.0786. The summed E-state index contributed by atoms with van der Waals surface area (Å²) in [6.07, 6.45) is 6.18. The maximum Gasteiger partial charge on any atom is 0.274 e. The Bertz CT molecular complexity index is 860. The quantitative estimate of drug-likeness (QED) is 0.756. The van der Waals surface area contributed by atoms with Crippen LogP contribution < -0.4 is 5.32 Å². The smallest absolute Gasteiger partial charge is 0.274 e. The van der Waals surface area contributed by atoms with Crippen LogP contribution in [0.25, 0.3) is 0 Å². The molecule has 2 saturated heterocycles. The average Bonchev–Trinajstić information content (AvgIpc) is 3.48. The van der Waals surface area contributed by atoms with Crippen LogP contribution in [-0.4, -0.2) is 64.9 Å². The van der Waals surface area contributed by atoms with Crippen LogP contribution in [0.1, 0.15) is 60.3 Å². The number of halogens is 1. The zero-order chi connectivity index (χ0) is 20.9. The van der Waals surface area contributed by atoms with E-state index in [0.29, 0.717) is 11.5 Å². The Balaban J connectivity index is 1.56. The minimum absolute atomic E-state index is 0.0591. The summed E-state index contributed by atoms with van der Waals surface area (Å²) in [5.74, 6) is 0.262. The first kappa shape index (κ1) is 20.7. The Kier molecular flexibility index (Phi) is 6.57. The van der Waals surface area contributed by atoms with Gasteiger partial charge in [-0.05, 0) is 56.5 Å². The van der Waals surface area contributed by atoms with Gasteiger partial charge in [-0.25, -0.2) is 14.4 Å². The number of carbonyl (C=O) groups is 1. The summed E-state index contributed by atoms with van der Waals surface area (Å²) in [6, 6.07) is 6.45. The number of nitrogens with zero attached hydrogens (tertiary/aromatic N) is 4. The molecular weight excluding hydrogens is 381 g/mol. The van der Waals surface area contributed by atoms with Crippen molar-refractivity contribution in [2.45, 2.75) is 38.5 Å². The van der Waals surface area contributed by atoms with E-state index in [2.05, 4.69) is 15.2 Å². The summed E-state index contributed by atoms with van der Waals surface area (Å²) < 4.78 is 13.4. The van der Waals surface area contributed by atoms with Gasteiger partial charge in [0.05, 0.1) is 11.9 Å². The van der Waals surface area contributed by atoms with Crippen molar-refractivity contribution in [3.63, 3.8) is 0 Å². The van der Waals surface area contributed by atoms with E-state index in [-0.39, 0.29) is 17.6 Å². The van der Waals surface area contributed by atoms with Crippen LogP contribution in [0.4, 0.5) is 10.2 Å². The first-order valence-electron chi connectivity index (χ1n) is 11.0. The molecule has 7 heteroatoms. The van der Waals surface area contributed by atoms with Crippen LogP contribution in [0.5, 0.6) is 0 Å². The molecule has 1 aromatic carbocycles. The van der Waals surface area contributed by atoms with Crippen LogP contribution >= 0.6 is 0 Å². The molecule has 0 unspecified atom stereocenters.